The Hall–Kier alpha value is -2.28. The normalized spacial score (nSPS) is 19.9. The van der Waals surface area contributed by atoms with E-state index in [4.69, 9.17) is 16.3 Å². The third-order valence-electron chi connectivity index (χ3n) is 8.20. The first-order chi connectivity index (χ1) is 17.5. The molecule has 1 unspecified atom stereocenters. The molecule has 2 aromatic carbocycles. The molecule has 2 heterocycles. The summed E-state index contributed by atoms with van der Waals surface area (Å²) in [7, 11) is 1.66. The first kappa shape index (κ1) is 27.7. The molecule has 5 rings (SSSR count). The molecule has 1 spiro atoms. The van der Waals surface area contributed by atoms with Crippen LogP contribution in [0.3, 0.4) is 0 Å². The van der Waals surface area contributed by atoms with E-state index in [0.29, 0.717) is 17.5 Å². The van der Waals surface area contributed by atoms with E-state index in [2.05, 4.69) is 10.2 Å². The van der Waals surface area contributed by atoms with Gasteiger partial charge in [-0.1, -0.05) is 35.9 Å². The molecule has 3 fully saturated rings. The zero-order valence-corrected chi connectivity index (χ0v) is 23.0. The number of nitrogens with zero attached hydrogens (tertiary/aromatic N) is 2. The standard InChI is InChI=1S/C29H36ClN3O3.ClH/c1-36-25-9-5-21(6-10-25)20-33-18-14-29(28(33)35)12-16-32(17-13-29)15-11-26(31-27(34)22-7-8-22)23-3-2-4-24(30)19-23;/h2-6,9-10,19,22,26H,7-8,11-18,20H2,1H3,(H,31,34);1H. The zero-order chi connectivity index (χ0) is 25.1. The van der Waals surface area contributed by atoms with Gasteiger partial charge in [-0.3, -0.25) is 9.59 Å². The molecule has 8 heteroatoms. The smallest absolute Gasteiger partial charge is 0.229 e. The average molecular weight is 547 g/mol. The Bertz CT molecular complexity index is 1080. The number of ether oxygens (including phenoxy) is 1. The summed E-state index contributed by atoms with van der Waals surface area (Å²) < 4.78 is 5.25. The minimum atomic E-state index is -0.213. The van der Waals surface area contributed by atoms with Crippen molar-refractivity contribution >= 4 is 35.8 Å². The second kappa shape index (κ2) is 12.1. The summed E-state index contributed by atoms with van der Waals surface area (Å²) in [6.07, 6.45) is 5.57. The van der Waals surface area contributed by atoms with Gasteiger partial charge in [0.25, 0.3) is 0 Å². The molecular formula is C29H37Cl2N3O3. The van der Waals surface area contributed by atoms with Crippen LogP contribution in [0.25, 0.3) is 0 Å². The topological polar surface area (TPSA) is 61.9 Å². The Morgan fingerprint density at radius 3 is 2.46 bits per heavy atom. The molecular weight excluding hydrogens is 509 g/mol. The van der Waals surface area contributed by atoms with Crippen LogP contribution in [0.1, 0.15) is 55.7 Å². The highest BCUT2D eigenvalue weighted by atomic mass is 35.5. The van der Waals surface area contributed by atoms with Gasteiger partial charge in [0, 0.05) is 30.6 Å². The van der Waals surface area contributed by atoms with Gasteiger partial charge in [0.1, 0.15) is 5.75 Å². The third-order valence-corrected chi connectivity index (χ3v) is 8.43. The van der Waals surface area contributed by atoms with Crippen LogP contribution in [0.4, 0.5) is 0 Å². The van der Waals surface area contributed by atoms with Gasteiger partial charge in [-0.2, -0.15) is 0 Å². The van der Waals surface area contributed by atoms with E-state index in [1.165, 1.54) is 0 Å². The largest absolute Gasteiger partial charge is 0.497 e. The number of likely N-dealkylation sites (tertiary alicyclic amines) is 2. The number of carbonyl (C=O) groups is 2. The molecule has 0 bridgehead atoms. The van der Waals surface area contributed by atoms with E-state index in [9.17, 15) is 9.59 Å². The quantitative estimate of drug-likeness (QED) is 0.467. The number of piperidine rings is 1. The molecule has 200 valence electrons. The fourth-order valence-electron chi connectivity index (χ4n) is 5.66. The van der Waals surface area contributed by atoms with Crippen molar-refractivity contribution in [1.29, 1.82) is 0 Å². The molecule has 1 saturated carbocycles. The van der Waals surface area contributed by atoms with E-state index < -0.39 is 0 Å². The first-order valence-corrected chi connectivity index (χ1v) is 13.5. The summed E-state index contributed by atoms with van der Waals surface area (Å²) in [5.74, 6) is 1.48. The molecule has 1 N–H and O–H groups in total. The van der Waals surface area contributed by atoms with Crippen LogP contribution in [0.15, 0.2) is 48.5 Å². The maximum absolute atomic E-state index is 13.4. The Labute approximate surface area is 231 Å². The summed E-state index contributed by atoms with van der Waals surface area (Å²) in [6, 6.07) is 15.8. The van der Waals surface area contributed by atoms with Gasteiger partial charge >= 0.3 is 0 Å². The Kier molecular flexibility index (Phi) is 9.04. The molecule has 1 atom stereocenters. The van der Waals surface area contributed by atoms with Gasteiger partial charge in [0.15, 0.2) is 0 Å². The van der Waals surface area contributed by atoms with Crippen LogP contribution >= 0.6 is 24.0 Å². The van der Waals surface area contributed by atoms with Crippen molar-refractivity contribution in [2.75, 3.05) is 33.3 Å². The molecule has 2 aliphatic heterocycles. The van der Waals surface area contributed by atoms with Gasteiger partial charge in [0.05, 0.1) is 18.6 Å². The van der Waals surface area contributed by atoms with Crippen LogP contribution in [0, 0.1) is 11.3 Å². The van der Waals surface area contributed by atoms with Crippen LogP contribution in [0.2, 0.25) is 5.02 Å². The van der Waals surface area contributed by atoms with Gasteiger partial charge in [0.2, 0.25) is 11.8 Å². The highest BCUT2D eigenvalue weighted by Crippen LogP contribution is 2.42. The number of nitrogens with one attached hydrogen (secondary N) is 1. The maximum atomic E-state index is 13.4. The van der Waals surface area contributed by atoms with Crippen LogP contribution < -0.4 is 10.1 Å². The van der Waals surface area contributed by atoms with Crippen LogP contribution in [-0.4, -0.2) is 54.9 Å². The van der Waals surface area contributed by atoms with Gasteiger partial charge in [-0.05, 0) is 87.0 Å². The number of carbonyl (C=O) groups excluding carboxylic acids is 2. The fourth-order valence-corrected chi connectivity index (χ4v) is 5.85. The van der Waals surface area contributed by atoms with E-state index in [0.717, 1.165) is 81.6 Å². The highest BCUT2D eigenvalue weighted by Gasteiger charge is 2.47. The van der Waals surface area contributed by atoms with Gasteiger partial charge in [-0.25, -0.2) is 0 Å². The van der Waals surface area contributed by atoms with E-state index >= 15 is 0 Å². The van der Waals surface area contributed by atoms with E-state index in [1.54, 1.807) is 7.11 Å². The molecule has 0 aromatic heterocycles. The highest BCUT2D eigenvalue weighted by molar-refractivity contribution is 6.30. The zero-order valence-electron chi connectivity index (χ0n) is 21.5. The van der Waals surface area contributed by atoms with Crippen molar-refractivity contribution in [1.82, 2.24) is 15.1 Å². The molecule has 2 amide bonds. The number of hydrogen-bond donors (Lipinski definition) is 1. The predicted octanol–water partition coefficient (Wildman–Crippen LogP) is 5.24. The third kappa shape index (κ3) is 6.60. The van der Waals surface area contributed by atoms with Crippen LogP contribution in [0.5, 0.6) is 5.75 Å². The fraction of sp³-hybridized carbons (Fsp3) is 0.517. The van der Waals surface area contributed by atoms with Gasteiger partial charge < -0.3 is 19.9 Å². The Morgan fingerprint density at radius 2 is 1.81 bits per heavy atom. The number of halogens is 2. The first-order valence-electron chi connectivity index (χ1n) is 13.2. The SMILES string of the molecule is COc1ccc(CN2CCC3(CCN(CCC(NC(=O)C4CC4)c4cccc(Cl)c4)CC3)C2=O)cc1.Cl. The summed E-state index contributed by atoms with van der Waals surface area (Å²) in [6.45, 7) is 4.22. The number of benzene rings is 2. The van der Waals surface area contributed by atoms with Crippen molar-refractivity contribution in [2.24, 2.45) is 11.3 Å². The summed E-state index contributed by atoms with van der Waals surface area (Å²) >= 11 is 6.24. The monoisotopic (exact) mass is 545 g/mol. The van der Waals surface area contributed by atoms with Crippen molar-refractivity contribution < 1.29 is 14.3 Å². The summed E-state index contributed by atoms with van der Waals surface area (Å²) in [5.41, 5.74) is 1.99. The number of methoxy groups -OCH3 is 1. The lowest BCUT2D eigenvalue weighted by Crippen LogP contribution is -2.45. The maximum Gasteiger partial charge on any atom is 0.229 e. The second-order valence-corrected chi connectivity index (χ2v) is 11.1. The number of amides is 2. The number of hydrogen-bond acceptors (Lipinski definition) is 4. The number of rotatable bonds is 9. The second-order valence-electron chi connectivity index (χ2n) is 10.6. The van der Waals surface area contributed by atoms with Crippen LogP contribution in [-0.2, 0) is 16.1 Å². The summed E-state index contributed by atoms with van der Waals surface area (Å²) in [4.78, 5) is 30.4. The molecule has 1 aliphatic carbocycles. The van der Waals surface area contributed by atoms with Crippen molar-refractivity contribution in [3.05, 3.63) is 64.7 Å². The Balaban J connectivity index is 0.00000320. The van der Waals surface area contributed by atoms with Crippen molar-refractivity contribution in [2.45, 2.75) is 51.1 Å². The van der Waals surface area contributed by atoms with Crippen molar-refractivity contribution in [3.63, 3.8) is 0 Å². The lowest BCUT2D eigenvalue weighted by molar-refractivity contribution is -0.139. The average Bonchev–Trinajstić information content (AvgIpc) is 3.71. The minimum absolute atomic E-state index is 0. The lowest BCUT2D eigenvalue weighted by Gasteiger charge is -2.38. The minimum Gasteiger partial charge on any atom is -0.497 e. The van der Waals surface area contributed by atoms with E-state index in [1.807, 2.05) is 53.4 Å². The molecule has 37 heavy (non-hydrogen) atoms. The van der Waals surface area contributed by atoms with Crippen molar-refractivity contribution in [3.8, 4) is 5.75 Å². The Morgan fingerprint density at radius 1 is 1.11 bits per heavy atom. The molecule has 6 nitrogen and oxygen atoms in total. The molecule has 2 saturated heterocycles. The lowest BCUT2D eigenvalue weighted by atomic mass is 9.77. The molecule has 0 radical (unpaired) electrons. The molecule has 3 aliphatic rings. The summed E-state index contributed by atoms with van der Waals surface area (Å²) in [5, 5.41) is 3.95. The van der Waals surface area contributed by atoms with Gasteiger partial charge in [-0.15, -0.1) is 12.4 Å². The van der Waals surface area contributed by atoms with E-state index in [-0.39, 0.29) is 35.7 Å². The molecule has 2 aromatic rings. The predicted molar refractivity (Wildman–Crippen MR) is 148 cm³/mol.